The third-order valence-electron chi connectivity index (χ3n) is 17.2. The predicted octanol–water partition coefficient (Wildman–Crippen LogP) is 14.3. The molecule has 2 saturated heterocycles. The lowest BCUT2D eigenvalue weighted by Gasteiger charge is -2.46. The summed E-state index contributed by atoms with van der Waals surface area (Å²) in [6, 6.07) is -0.938. The maximum absolute atomic E-state index is 13.3. The van der Waals surface area contributed by atoms with Gasteiger partial charge in [-0.05, 0) is 70.6 Å². The van der Waals surface area contributed by atoms with E-state index in [2.05, 4.69) is 55.6 Å². The summed E-state index contributed by atoms with van der Waals surface area (Å²) >= 11 is 0. The molecule has 2 aliphatic heterocycles. The second kappa shape index (κ2) is 56.0. The summed E-state index contributed by atoms with van der Waals surface area (Å²) in [5.41, 5.74) is 0. The molecule has 0 aliphatic carbocycles. The van der Waals surface area contributed by atoms with Crippen LogP contribution >= 0.6 is 0 Å². The number of hydrogen-bond donors (Lipinski definition) is 9. The van der Waals surface area contributed by atoms with E-state index in [0.717, 1.165) is 44.9 Å². The monoisotopic (exact) mass is 1210 g/mol. The zero-order valence-electron chi connectivity index (χ0n) is 54.1. The lowest BCUT2D eigenvalue weighted by atomic mass is 9.97. The first kappa shape index (κ1) is 79.0. The fourth-order valence-electron chi connectivity index (χ4n) is 11.6. The van der Waals surface area contributed by atoms with E-state index in [0.29, 0.717) is 12.8 Å². The molecule has 14 heteroatoms. The summed E-state index contributed by atoms with van der Waals surface area (Å²) in [5.74, 6) is -0.249. The maximum Gasteiger partial charge on any atom is 0.220 e. The van der Waals surface area contributed by atoms with Crippen molar-refractivity contribution in [1.29, 1.82) is 0 Å². The van der Waals surface area contributed by atoms with Gasteiger partial charge in [-0.3, -0.25) is 4.79 Å². The van der Waals surface area contributed by atoms with Gasteiger partial charge >= 0.3 is 0 Å². The smallest absolute Gasteiger partial charge is 0.220 e. The van der Waals surface area contributed by atoms with Crippen molar-refractivity contribution in [2.24, 2.45) is 0 Å². The van der Waals surface area contributed by atoms with Crippen molar-refractivity contribution in [1.82, 2.24) is 5.32 Å². The number of nitrogens with one attached hydrogen (secondary N) is 1. The van der Waals surface area contributed by atoms with Crippen LogP contribution < -0.4 is 5.32 Å². The Balaban J connectivity index is 1.64. The van der Waals surface area contributed by atoms with E-state index < -0.39 is 86.8 Å². The number of carbonyl (C=O) groups is 1. The van der Waals surface area contributed by atoms with Gasteiger partial charge in [0.1, 0.15) is 48.8 Å². The minimum Gasteiger partial charge on any atom is -0.394 e. The Labute approximate surface area is 518 Å². The van der Waals surface area contributed by atoms with Crippen molar-refractivity contribution in [2.45, 2.75) is 376 Å². The highest BCUT2D eigenvalue weighted by Gasteiger charge is 2.51. The van der Waals surface area contributed by atoms with Gasteiger partial charge in [-0.1, -0.05) is 274 Å². The Bertz CT molecular complexity index is 1610. The largest absolute Gasteiger partial charge is 0.394 e. The standard InChI is InChI=1S/C71H131NO13/c1-3-5-7-9-11-13-15-17-19-21-23-24-25-26-27-28-29-30-31-32-33-34-35-36-37-39-41-43-45-47-49-51-53-55-63(76)72-59(60(75)54-52-50-48-46-44-42-40-38-22-20-18-16-14-12-10-8-6-4-2)58-82-70-68(81)66(79)69(62(57-74)84-70)85-71-67(80)65(78)64(77)61(56-73)83-71/h21-23,38,44,46,52,54,59-62,64-71,73-75,77-81H,3-20,24-37,39-43,45,47-51,53,55-58H2,1-2H3,(H,72,76)/b23-21-,38-22+,46-44+,54-52+. The molecule has 2 rings (SSSR count). The van der Waals surface area contributed by atoms with Crippen LogP contribution in [0.15, 0.2) is 48.6 Å². The Morgan fingerprint density at radius 1 is 0.412 bits per heavy atom. The van der Waals surface area contributed by atoms with Crippen molar-refractivity contribution >= 4 is 5.91 Å². The molecule has 0 aromatic heterocycles. The molecule has 0 saturated carbocycles. The predicted molar refractivity (Wildman–Crippen MR) is 346 cm³/mol. The van der Waals surface area contributed by atoms with Crippen LogP contribution in [0.4, 0.5) is 0 Å². The van der Waals surface area contributed by atoms with Crippen molar-refractivity contribution in [3.8, 4) is 0 Å². The van der Waals surface area contributed by atoms with E-state index in [9.17, 15) is 45.6 Å². The van der Waals surface area contributed by atoms with Crippen molar-refractivity contribution in [3.05, 3.63) is 48.6 Å². The molecule has 9 N–H and O–H groups in total. The first-order valence-corrected chi connectivity index (χ1v) is 35.4. The minimum absolute atomic E-state index is 0.249. The molecule has 2 aliphatic rings. The molecule has 0 radical (unpaired) electrons. The number of carbonyl (C=O) groups excluding carboxylic acids is 1. The van der Waals surface area contributed by atoms with Crippen LogP contribution in [0.5, 0.6) is 0 Å². The second-order valence-electron chi connectivity index (χ2n) is 25.0. The molecule has 0 aromatic rings. The van der Waals surface area contributed by atoms with E-state index in [1.165, 1.54) is 225 Å². The summed E-state index contributed by atoms with van der Waals surface area (Å²) in [6.45, 7) is 2.80. The summed E-state index contributed by atoms with van der Waals surface area (Å²) in [6.07, 6.45) is 56.1. The molecule has 1 amide bonds. The van der Waals surface area contributed by atoms with Crippen molar-refractivity contribution in [3.63, 3.8) is 0 Å². The van der Waals surface area contributed by atoms with Crippen LogP contribution in [0.2, 0.25) is 0 Å². The van der Waals surface area contributed by atoms with Crippen LogP contribution in [0, 0.1) is 0 Å². The van der Waals surface area contributed by atoms with Gasteiger partial charge < -0.3 is 65.1 Å². The number of allylic oxidation sites excluding steroid dienone is 7. The average molecular weight is 1210 g/mol. The third kappa shape index (κ3) is 40.3. The van der Waals surface area contributed by atoms with E-state index in [1.54, 1.807) is 6.08 Å². The zero-order chi connectivity index (χ0) is 61.6. The lowest BCUT2D eigenvalue weighted by molar-refractivity contribution is -0.359. The number of amides is 1. The van der Waals surface area contributed by atoms with Crippen LogP contribution in [-0.2, 0) is 23.7 Å². The number of ether oxygens (including phenoxy) is 4. The van der Waals surface area contributed by atoms with Crippen molar-refractivity contribution in [2.75, 3.05) is 19.8 Å². The van der Waals surface area contributed by atoms with Gasteiger partial charge in [0.25, 0.3) is 0 Å². The number of aliphatic hydroxyl groups is 8. The van der Waals surface area contributed by atoms with Crippen LogP contribution in [0.1, 0.15) is 303 Å². The first-order valence-electron chi connectivity index (χ1n) is 35.4. The quantitative estimate of drug-likeness (QED) is 0.0204. The molecule has 2 fully saturated rings. The topological polar surface area (TPSA) is 228 Å². The van der Waals surface area contributed by atoms with Gasteiger partial charge in [-0.2, -0.15) is 0 Å². The van der Waals surface area contributed by atoms with Gasteiger partial charge in [-0.25, -0.2) is 0 Å². The third-order valence-corrected chi connectivity index (χ3v) is 17.2. The number of unbranched alkanes of at least 4 members (excludes halogenated alkanes) is 39. The zero-order valence-corrected chi connectivity index (χ0v) is 54.1. The Hall–Kier alpha value is -2.05. The number of rotatable bonds is 58. The summed E-state index contributed by atoms with van der Waals surface area (Å²) < 4.78 is 22.8. The lowest BCUT2D eigenvalue weighted by Crippen LogP contribution is -2.65. The van der Waals surface area contributed by atoms with Crippen LogP contribution in [0.25, 0.3) is 0 Å². The first-order chi connectivity index (χ1) is 41.6. The van der Waals surface area contributed by atoms with E-state index >= 15 is 0 Å². The summed E-state index contributed by atoms with van der Waals surface area (Å²) in [5, 5.41) is 87.3. The number of hydrogen-bond acceptors (Lipinski definition) is 13. The van der Waals surface area contributed by atoms with Gasteiger partial charge in [0.2, 0.25) is 5.91 Å². The van der Waals surface area contributed by atoms with Gasteiger partial charge in [0, 0.05) is 6.42 Å². The summed E-state index contributed by atoms with van der Waals surface area (Å²) in [7, 11) is 0. The molecule has 0 spiro atoms. The second-order valence-corrected chi connectivity index (χ2v) is 25.0. The molecular formula is C71H131NO13. The molecule has 0 bridgehead atoms. The molecule has 2 heterocycles. The van der Waals surface area contributed by atoms with Gasteiger partial charge in [-0.15, -0.1) is 0 Å². The molecule has 12 atom stereocenters. The van der Waals surface area contributed by atoms with Crippen LogP contribution in [-0.4, -0.2) is 140 Å². The Morgan fingerprint density at radius 2 is 0.753 bits per heavy atom. The van der Waals surface area contributed by atoms with E-state index in [1.807, 2.05) is 6.08 Å². The maximum atomic E-state index is 13.3. The molecular weight excluding hydrogens is 1070 g/mol. The van der Waals surface area contributed by atoms with E-state index in [4.69, 9.17) is 18.9 Å². The molecule has 12 unspecified atom stereocenters. The van der Waals surface area contributed by atoms with Crippen LogP contribution in [0.3, 0.4) is 0 Å². The summed E-state index contributed by atoms with van der Waals surface area (Å²) in [4.78, 5) is 13.3. The molecule has 0 aromatic carbocycles. The Morgan fingerprint density at radius 3 is 1.15 bits per heavy atom. The highest BCUT2D eigenvalue weighted by atomic mass is 16.7. The Kier molecular flexibility index (Phi) is 52.1. The molecule has 85 heavy (non-hydrogen) atoms. The molecule has 14 nitrogen and oxygen atoms in total. The fourth-order valence-corrected chi connectivity index (χ4v) is 11.6. The minimum atomic E-state index is -1.79. The van der Waals surface area contributed by atoms with Crippen molar-refractivity contribution < 1.29 is 64.6 Å². The number of aliphatic hydroxyl groups excluding tert-OH is 8. The SMILES string of the molecule is CCCCCCCCCC/C=C\CCCCCCCCCCCCCCCCCCCCCCCC(=O)NC(COC1OC(CO)C(OC2OC(CO)C(O)C(O)C2O)C(O)C1O)C(O)/C=C/CC/C=C/CC/C=C/CCCCCCCCCC. The highest BCUT2D eigenvalue weighted by Crippen LogP contribution is 2.30. The fraction of sp³-hybridized carbons (Fsp3) is 0.873. The molecule has 498 valence electrons. The van der Waals surface area contributed by atoms with Gasteiger partial charge in [0.05, 0.1) is 32.0 Å². The average Bonchev–Trinajstić information content (AvgIpc) is 3.29. The highest BCUT2D eigenvalue weighted by molar-refractivity contribution is 5.76. The van der Waals surface area contributed by atoms with E-state index in [-0.39, 0.29) is 18.9 Å². The normalized spacial score (nSPS) is 23.8. The van der Waals surface area contributed by atoms with Gasteiger partial charge in [0.15, 0.2) is 12.6 Å².